The molecule has 128 valence electrons. The number of hydrogen-bond acceptors (Lipinski definition) is 1. The van der Waals surface area contributed by atoms with Crippen molar-refractivity contribution >= 4 is 25.3 Å². The fourth-order valence-corrected chi connectivity index (χ4v) is 5.72. The molecule has 0 fully saturated rings. The van der Waals surface area contributed by atoms with Crippen molar-refractivity contribution in [1.82, 2.24) is 5.32 Å². The summed E-state index contributed by atoms with van der Waals surface area (Å²) in [4.78, 5) is 12.4. The molecule has 0 aromatic heterocycles. The van der Waals surface area contributed by atoms with Crippen molar-refractivity contribution in [2.24, 2.45) is 5.92 Å². The Morgan fingerprint density at radius 2 is 1.62 bits per heavy atom. The van der Waals surface area contributed by atoms with Crippen LogP contribution in [0, 0.1) is 26.7 Å². The third-order valence-electron chi connectivity index (χ3n) is 4.17. The molecule has 2 rings (SSSR count). The fraction of sp³-hybridized carbons (Fsp3) is 0.381. The van der Waals surface area contributed by atoms with Crippen molar-refractivity contribution in [3.63, 3.8) is 0 Å². The summed E-state index contributed by atoms with van der Waals surface area (Å²) in [6, 6.07) is 14.2. The molecule has 0 spiro atoms. The minimum absolute atomic E-state index is 0.0300. The molecule has 0 heterocycles. The Balaban J connectivity index is 2.06. The van der Waals surface area contributed by atoms with Gasteiger partial charge in [-0.2, -0.15) is 0 Å². The summed E-state index contributed by atoms with van der Waals surface area (Å²) >= 11 is 0.362. The first-order valence-electron chi connectivity index (χ1n) is 8.45. The minimum atomic E-state index is 0.0300. The van der Waals surface area contributed by atoms with E-state index in [1.54, 1.807) is 0 Å². The van der Waals surface area contributed by atoms with E-state index in [1.807, 2.05) is 30.3 Å². The van der Waals surface area contributed by atoms with E-state index in [-0.39, 0.29) is 11.9 Å². The van der Waals surface area contributed by atoms with Crippen LogP contribution < -0.4 is 9.78 Å². The van der Waals surface area contributed by atoms with Crippen molar-refractivity contribution in [3.05, 3.63) is 64.7 Å². The Morgan fingerprint density at radius 1 is 1.04 bits per heavy atom. The fourth-order valence-electron chi connectivity index (χ4n) is 2.81. The Bertz CT molecular complexity index is 671. The third-order valence-corrected chi connectivity index (χ3v) is 7.23. The van der Waals surface area contributed by atoms with E-state index in [9.17, 15) is 4.79 Å². The molecule has 1 atom stereocenters. The second kappa shape index (κ2) is 8.50. The zero-order valence-electron chi connectivity index (χ0n) is 15.2. The number of amides is 1. The maximum absolute atomic E-state index is 12.4. The summed E-state index contributed by atoms with van der Waals surface area (Å²) in [6.07, 6.45) is 0. The molecule has 0 aliphatic heterocycles. The SMILES string of the molecule is Cc1cc(C)c([Se]C[C@@H](NC(=O)c2ccccc2)C(C)C)c(C)c1. The van der Waals surface area contributed by atoms with Gasteiger partial charge >= 0.3 is 152 Å². The number of aryl methyl sites for hydroxylation is 3. The molecular weight excluding hydrogens is 361 g/mol. The average Bonchev–Trinajstić information content (AvgIpc) is 2.53. The quantitative estimate of drug-likeness (QED) is 0.749. The summed E-state index contributed by atoms with van der Waals surface area (Å²) in [5.74, 6) is 0.452. The predicted octanol–water partition coefficient (Wildman–Crippen LogP) is 3.81. The van der Waals surface area contributed by atoms with Gasteiger partial charge < -0.3 is 0 Å². The summed E-state index contributed by atoms with van der Waals surface area (Å²) in [5, 5.41) is 4.25. The van der Waals surface area contributed by atoms with Gasteiger partial charge in [0.25, 0.3) is 0 Å². The van der Waals surface area contributed by atoms with E-state index >= 15 is 0 Å². The molecule has 2 aromatic carbocycles. The molecule has 2 nitrogen and oxygen atoms in total. The van der Waals surface area contributed by atoms with E-state index in [1.165, 1.54) is 21.2 Å². The van der Waals surface area contributed by atoms with Crippen molar-refractivity contribution in [2.75, 3.05) is 0 Å². The van der Waals surface area contributed by atoms with Gasteiger partial charge in [-0.15, -0.1) is 0 Å². The van der Waals surface area contributed by atoms with Gasteiger partial charge in [-0.3, -0.25) is 0 Å². The van der Waals surface area contributed by atoms with Gasteiger partial charge in [0.05, 0.1) is 0 Å². The van der Waals surface area contributed by atoms with E-state index in [4.69, 9.17) is 0 Å². The van der Waals surface area contributed by atoms with Crippen LogP contribution in [0.3, 0.4) is 0 Å². The normalized spacial score (nSPS) is 12.2. The standard InChI is InChI=1S/C21H27NOSe/c1-14(2)19(22-21(23)18-9-7-6-8-10-18)13-24-20-16(4)11-15(3)12-17(20)5/h6-12,14,19H,13H2,1-5H3,(H,22,23)/t19-/m1/s1. The molecule has 0 aliphatic carbocycles. The monoisotopic (exact) mass is 389 g/mol. The molecule has 0 unspecified atom stereocenters. The van der Waals surface area contributed by atoms with Crippen molar-refractivity contribution < 1.29 is 4.79 Å². The first-order valence-corrected chi connectivity index (χ1v) is 10.5. The molecule has 0 saturated heterocycles. The molecule has 3 heteroatoms. The second-order valence-corrected chi connectivity index (χ2v) is 8.89. The first-order chi connectivity index (χ1) is 11.4. The second-order valence-electron chi connectivity index (χ2n) is 6.73. The topological polar surface area (TPSA) is 29.1 Å². The van der Waals surface area contributed by atoms with Crippen LogP contribution in [0.5, 0.6) is 0 Å². The molecule has 24 heavy (non-hydrogen) atoms. The van der Waals surface area contributed by atoms with E-state index in [0.29, 0.717) is 20.9 Å². The van der Waals surface area contributed by atoms with Crippen molar-refractivity contribution in [2.45, 2.75) is 46.0 Å². The van der Waals surface area contributed by atoms with E-state index in [0.717, 1.165) is 10.9 Å². The van der Waals surface area contributed by atoms with Gasteiger partial charge in [0, 0.05) is 0 Å². The zero-order chi connectivity index (χ0) is 17.7. The van der Waals surface area contributed by atoms with Crippen LogP contribution >= 0.6 is 0 Å². The Labute approximate surface area is 152 Å². The average molecular weight is 388 g/mol. The van der Waals surface area contributed by atoms with Crippen molar-refractivity contribution in [3.8, 4) is 0 Å². The number of carbonyl (C=O) groups is 1. The van der Waals surface area contributed by atoms with Crippen LogP contribution in [0.4, 0.5) is 0 Å². The zero-order valence-corrected chi connectivity index (χ0v) is 16.9. The van der Waals surface area contributed by atoms with Crippen LogP contribution in [-0.2, 0) is 0 Å². The molecule has 0 aliphatic rings. The Morgan fingerprint density at radius 3 is 2.17 bits per heavy atom. The summed E-state index contributed by atoms with van der Waals surface area (Å²) in [7, 11) is 0. The molecular formula is C21H27NOSe. The summed E-state index contributed by atoms with van der Waals surface area (Å²) in [5.41, 5.74) is 4.81. The molecule has 0 saturated carbocycles. The van der Waals surface area contributed by atoms with E-state index in [2.05, 4.69) is 52.1 Å². The number of nitrogens with one attached hydrogen (secondary N) is 1. The van der Waals surface area contributed by atoms with E-state index < -0.39 is 0 Å². The number of carbonyl (C=O) groups excluding carboxylic acids is 1. The number of hydrogen-bond donors (Lipinski definition) is 1. The van der Waals surface area contributed by atoms with Crippen LogP contribution in [0.15, 0.2) is 42.5 Å². The molecule has 1 amide bonds. The molecule has 0 radical (unpaired) electrons. The van der Waals surface area contributed by atoms with Crippen LogP contribution in [0.25, 0.3) is 0 Å². The van der Waals surface area contributed by atoms with Crippen LogP contribution in [0.1, 0.15) is 40.9 Å². The predicted molar refractivity (Wildman–Crippen MR) is 103 cm³/mol. The van der Waals surface area contributed by atoms with Gasteiger partial charge in [-0.1, -0.05) is 0 Å². The molecule has 2 aromatic rings. The van der Waals surface area contributed by atoms with Crippen molar-refractivity contribution in [1.29, 1.82) is 0 Å². The Kier molecular flexibility index (Phi) is 6.65. The molecule has 1 N–H and O–H groups in total. The summed E-state index contributed by atoms with van der Waals surface area (Å²) < 4.78 is 1.48. The van der Waals surface area contributed by atoms with Gasteiger partial charge in [-0.25, -0.2) is 0 Å². The van der Waals surface area contributed by atoms with Crippen LogP contribution in [0.2, 0.25) is 5.32 Å². The maximum atomic E-state index is 12.4. The first kappa shape index (κ1) is 18.8. The molecule has 0 bridgehead atoms. The van der Waals surface area contributed by atoms with Gasteiger partial charge in [-0.05, 0) is 0 Å². The van der Waals surface area contributed by atoms with Gasteiger partial charge in [0.2, 0.25) is 0 Å². The third kappa shape index (κ3) is 4.96. The van der Waals surface area contributed by atoms with Gasteiger partial charge in [0.15, 0.2) is 0 Å². The number of benzene rings is 2. The Hall–Kier alpha value is -1.57. The summed E-state index contributed by atoms with van der Waals surface area (Å²) in [6.45, 7) is 10.9. The van der Waals surface area contributed by atoms with Crippen LogP contribution in [-0.4, -0.2) is 26.9 Å². The number of rotatable bonds is 6. The van der Waals surface area contributed by atoms with Gasteiger partial charge in [0.1, 0.15) is 0 Å².